The molecule has 0 fully saturated rings. The molecule has 0 bridgehead atoms. The van der Waals surface area contributed by atoms with Crippen LogP contribution in [0.2, 0.25) is 0 Å². The van der Waals surface area contributed by atoms with E-state index >= 15 is 0 Å². The molecule has 0 aliphatic rings. The van der Waals surface area contributed by atoms with Crippen molar-refractivity contribution in [3.8, 4) is 0 Å². The highest BCUT2D eigenvalue weighted by molar-refractivity contribution is 9.10. The summed E-state index contributed by atoms with van der Waals surface area (Å²) in [6, 6.07) is 6.98. The van der Waals surface area contributed by atoms with E-state index in [-0.39, 0.29) is 5.91 Å². The van der Waals surface area contributed by atoms with Gasteiger partial charge >= 0.3 is 0 Å². The lowest BCUT2D eigenvalue weighted by Crippen LogP contribution is -2.23. The normalized spacial score (nSPS) is 10.2. The molecular weight excluding hydrogens is 304 g/mol. The highest BCUT2D eigenvalue weighted by Crippen LogP contribution is 2.19. The summed E-state index contributed by atoms with van der Waals surface area (Å²) in [5.41, 5.74) is 1.20. The van der Waals surface area contributed by atoms with Gasteiger partial charge in [-0.3, -0.25) is 4.79 Å². The Morgan fingerprint density at radius 1 is 1.47 bits per heavy atom. The van der Waals surface area contributed by atoms with Crippen LogP contribution in [0.25, 0.3) is 0 Å². The zero-order valence-corrected chi connectivity index (χ0v) is 11.2. The Morgan fingerprint density at radius 2 is 2.29 bits per heavy atom. The second kappa shape index (κ2) is 5.37. The molecule has 1 heterocycles. The molecule has 0 radical (unpaired) electrons. The summed E-state index contributed by atoms with van der Waals surface area (Å²) < 4.78 is 5.55. The van der Waals surface area contributed by atoms with Crippen LogP contribution >= 0.6 is 28.6 Å². The maximum absolute atomic E-state index is 11.8. The number of carbonyl (C=O) groups excluding carboxylic acids is 1. The van der Waals surface area contributed by atoms with E-state index in [1.165, 1.54) is 6.26 Å². The molecule has 0 aliphatic heterocycles. The van der Waals surface area contributed by atoms with Crippen LogP contribution in [0.15, 0.2) is 44.4 Å². The second-order valence-corrected chi connectivity index (χ2v) is 4.73. The molecule has 0 atom stereocenters. The predicted molar refractivity (Wildman–Crippen MR) is 69.1 cm³/mol. The van der Waals surface area contributed by atoms with Gasteiger partial charge in [0.1, 0.15) is 12.0 Å². The minimum atomic E-state index is -0.189. The van der Waals surface area contributed by atoms with Gasteiger partial charge in [-0.15, -0.1) is 12.6 Å². The first-order chi connectivity index (χ1) is 8.16. The van der Waals surface area contributed by atoms with Crippen molar-refractivity contribution >= 4 is 34.5 Å². The number of thiol groups is 1. The first kappa shape index (κ1) is 12.2. The maximum atomic E-state index is 11.8. The van der Waals surface area contributed by atoms with E-state index in [4.69, 9.17) is 0 Å². The van der Waals surface area contributed by atoms with Crippen LogP contribution in [0.4, 0.5) is 0 Å². The zero-order chi connectivity index (χ0) is 12.3. The summed E-state index contributed by atoms with van der Waals surface area (Å²) in [4.78, 5) is 12.5. The van der Waals surface area contributed by atoms with E-state index in [9.17, 15) is 4.79 Å². The van der Waals surface area contributed by atoms with Gasteiger partial charge in [0.15, 0.2) is 0 Å². The van der Waals surface area contributed by atoms with Gasteiger partial charge in [-0.2, -0.15) is 0 Å². The van der Waals surface area contributed by atoms with E-state index in [2.05, 4.69) is 43.6 Å². The average Bonchev–Trinajstić information content (AvgIpc) is 2.78. The molecule has 0 saturated carbocycles. The Hall–Kier alpha value is -1.27. The van der Waals surface area contributed by atoms with Crippen LogP contribution in [0.5, 0.6) is 0 Å². The van der Waals surface area contributed by atoms with E-state index in [1.807, 2.05) is 0 Å². The molecule has 0 unspecified atom stereocenters. The number of halogens is 1. The monoisotopic (exact) mass is 312 g/mol. The number of rotatable bonds is 3. The van der Waals surface area contributed by atoms with Gasteiger partial charge in [0.05, 0.1) is 12.1 Å². The molecule has 17 heavy (non-hydrogen) atoms. The lowest BCUT2D eigenvalue weighted by molar-refractivity contribution is 0.0947. The van der Waals surface area contributed by atoms with Gasteiger partial charge in [-0.25, -0.2) is 0 Å². The van der Waals surface area contributed by atoms with Crippen LogP contribution in [-0.4, -0.2) is 11.1 Å². The quantitative estimate of drug-likeness (QED) is 0.857. The van der Waals surface area contributed by atoms with E-state index in [1.54, 1.807) is 24.3 Å². The van der Waals surface area contributed by atoms with Gasteiger partial charge < -0.3 is 9.84 Å². The van der Waals surface area contributed by atoms with Crippen LogP contribution in [0.1, 0.15) is 16.1 Å². The largest absolute Gasteiger partial charge is 0.364 e. The lowest BCUT2D eigenvalue weighted by Gasteiger charge is -2.05. The highest BCUT2D eigenvalue weighted by Gasteiger charge is 2.09. The predicted octanol–water partition coefficient (Wildman–Crippen LogP) is 2.66. The summed E-state index contributed by atoms with van der Waals surface area (Å²) in [7, 11) is 0. The van der Waals surface area contributed by atoms with Gasteiger partial charge in [0.2, 0.25) is 0 Å². The van der Waals surface area contributed by atoms with E-state index in [0.717, 1.165) is 4.47 Å². The van der Waals surface area contributed by atoms with Crippen molar-refractivity contribution in [2.24, 2.45) is 0 Å². The summed E-state index contributed by atoms with van der Waals surface area (Å²) in [5, 5.41) is 6.44. The summed E-state index contributed by atoms with van der Waals surface area (Å²) in [6.45, 7) is 0.332. The molecule has 0 aliphatic carbocycles. The standard InChI is InChI=1S/C11H9BrN2O2S/c12-7-1-2-9(10(17)5-7)11(15)13-6-8-3-4-16-14-8/h1-5,17H,6H2,(H,13,15). The fraction of sp³-hybridized carbons (Fsp3) is 0.0909. The number of benzene rings is 1. The zero-order valence-electron chi connectivity index (χ0n) is 8.68. The van der Waals surface area contributed by atoms with Crippen molar-refractivity contribution in [2.75, 3.05) is 0 Å². The number of hydrogen-bond acceptors (Lipinski definition) is 4. The molecule has 1 aromatic heterocycles. The summed E-state index contributed by atoms with van der Waals surface area (Å²) in [6.07, 6.45) is 1.46. The molecule has 1 amide bonds. The minimum Gasteiger partial charge on any atom is -0.364 e. The molecule has 2 rings (SSSR count). The van der Waals surface area contributed by atoms with Crippen molar-refractivity contribution in [1.82, 2.24) is 10.5 Å². The van der Waals surface area contributed by atoms with Crippen molar-refractivity contribution in [1.29, 1.82) is 0 Å². The van der Waals surface area contributed by atoms with Crippen LogP contribution in [-0.2, 0) is 6.54 Å². The Morgan fingerprint density at radius 3 is 2.94 bits per heavy atom. The number of nitrogens with one attached hydrogen (secondary N) is 1. The third kappa shape index (κ3) is 3.10. The molecule has 1 N–H and O–H groups in total. The summed E-state index contributed by atoms with van der Waals surface area (Å²) >= 11 is 7.56. The highest BCUT2D eigenvalue weighted by atomic mass is 79.9. The number of nitrogens with zero attached hydrogens (tertiary/aromatic N) is 1. The smallest absolute Gasteiger partial charge is 0.252 e. The Kier molecular flexibility index (Phi) is 3.86. The molecule has 0 saturated heterocycles. The van der Waals surface area contributed by atoms with Gasteiger partial charge in [0.25, 0.3) is 5.91 Å². The fourth-order valence-electron chi connectivity index (χ4n) is 1.29. The van der Waals surface area contributed by atoms with E-state index < -0.39 is 0 Å². The van der Waals surface area contributed by atoms with Crippen LogP contribution in [0.3, 0.4) is 0 Å². The van der Waals surface area contributed by atoms with Crippen LogP contribution < -0.4 is 5.32 Å². The summed E-state index contributed by atoms with van der Waals surface area (Å²) in [5.74, 6) is -0.189. The van der Waals surface area contributed by atoms with Gasteiger partial charge in [0, 0.05) is 15.4 Å². The topological polar surface area (TPSA) is 55.1 Å². The van der Waals surface area contributed by atoms with Gasteiger partial charge in [-0.1, -0.05) is 21.1 Å². The van der Waals surface area contributed by atoms with Crippen LogP contribution in [0, 0.1) is 0 Å². The molecule has 0 spiro atoms. The Labute approximate surface area is 112 Å². The van der Waals surface area contributed by atoms with Crippen molar-refractivity contribution in [2.45, 2.75) is 11.4 Å². The molecule has 88 valence electrons. The molecule has 6 heteroatoms. The Balaban J connectivity index is 2.04. The molecule has 4 nitrogen and oxygen atoms in total. The number of carbonyl (C=O) groups is 1. The van der Waals surface area contributed by atoms with Crippen molar-refractivity contribution in [3.05, 3.63) is 46.3 Å². The number of aromatic nitrogens is 1. The minimum absolute atomic E-state index is 0.189. The van der Waals surface area contributed by atoms with Crippen molar-refractivity contribution in [3.63, 3.8) is 0 Å². The van der Waals surface area contributed by atoms with E-state index in [0.29, 0.717) is 22.7 Å². The Bertz CT molecular complexity index is 528. The number of amides is 1. The first-order valence-corrected chi connectivity index (χ1v) is 6.07. The third-order valence-electron chi connectivity index (χ3n) is 2.13. The average molecular weight is 313 g/mol. The fourth-order valence-corrected chi connectivity index (χ4v) is 2.14. The van der Waals surface area contributed by atoms with Crippen molar-refractivity contribution < 1.29 is 9.32 Å². The third-order valence-corrected chi connectivity index (χ3v) is 2.99. The SMILES string of the molecule is O=C(NCc1ccon1)c1ccc(Br)cc1S. The molecular formula is C11H9BrN2O2S. The maximum Gasteiger partial charge on any atom is 0.252 e. The lowest BCUT2D eigenvalue weighted by atomic mass is 10.2. The second-order valence-electron chi connectivity index (χ2n) is 3.33. The first-order valence-electron chi connectivity index (χ1n) is 4.83. The number of hydrogen-bond donors (Lipinski definition) is 2. The van der Waals surface area contributed by atoms with Gasteiger partial charge in [-0.05, 0) is 18.2 Å². The molecule has 1 aromatic carbocycles. The molecule has 2 aromatic rings.